The van der Waals surface area contributed by atoms with Crippen molar-refractivity contribution in [3.05, 3.63) is 36.3 Å². The van der Waals surface area contributed by atoms with Crippen molar-refractivity contribution in [3.63, 3.8) is 0 Å². The van der Waals surface area contributed by atoms with Gasteiger partial charge in [0.1, 0.15) is 17.3 Å². The maximum absolute atomic E-state index is 12.9. The molecule has 0 amide bonds. The molecule has 0 bridgehead atoms. The van der Waals surface area contributed by atoms with Crippen LogP contribution < -0.4 is 0 Å². The normalized spacial score (nSPS) is 10.4. The van der Waals surface area contributed by atoms with Crippen molar-refractivity contribution in [3.8, 4) is 22.8 Å². The minimum absolute atomic E-state index is 0.0340. The highest BCUT2D eigenvalue weighted by atomic mass is 19.1. The van der Waals surface area contributed by atoms with Gasteiger partial charge in [0, 0.05) is 17.8 Å². The van der Waals surface area contributed by atoms with Gasteiger partial charge < -0.3 is 15.2 Å². The van der Waals surface area contributed by atoms with Gasteiger partial charge in [0.05, 0.1) is 5.69 Å². The number of phenols is 1. The predicted molar refractivity (Wildman–Crippen MR) is 49.5 cm³/mol. The minimum Gasteiger partial charge on any atom is -0.507 e. The molecule has 0 atom stereocenters. The van der Waals surface area contributed by atoms with Gasteiger partial charge in [-0.15, -0.1) is 0 Å². The summed E-state index contributed by atoms with van der Waals surface area (Å²) in [5.74, 6) is -0.427. The molecule has 3 N–H and O–H groups in total. The van der Waals surface area contributed by atoms with E-state index in [1.54, 1.807) is 0 Å². The highest BCUT2D eigenvalue weighted by molar-refractivity contribution is 5.68. The lowest BCUT2D eigenvalue weighted by atomic mass is 10.1. The number of hydrogen-bond donors (Lipinski definition) is 3. The van der Waals surface area contributed by atoms with Gasteiger partial charge in [-0.3, -0.25) is 0 Å². The molecule has 0 unspecified atom stereocenters. The minimum atomic E-state index is -0.438. The Kier molecular flexibility index (Phi) is 1.89. The third-order valence-electron chi connectivity index (χ3n) is 1.92. The fraction of sp³-hybridized carbons (Fsp3) is 0. The Labute approximate surface area is 79.5 Å². The molecule has 0 aliphatic heterocycles. The molecule has 0 fully saturated rings. The molecule has 0 aliphatic carbocycles. The van der Waals surface area contributed by atoms with E-state index in [0.29, 0.717) is 11.3 Å². The number of halogens is 1. The van der Waals surface area contributed by atoms with E-state index in [9.17, 15) is 9.50 Å². The molecule has 0 radical (unpaired) electrons. The molecule has 0 saturated carbocycles. The summed E-state index contributed by atoms with van der Waals surface area (Å²) in [4.78, 5) is 2.71. The molecule has 14 heavy (non-hydrogen) atoms. The topological polar surface area (TPSA) is 56.2 Å². The molecule has 0 saturated heterocycles. The highest BCUT2D eigenvalue weighted by Crippen LogP contribution is 2.30. The summed E-state index contributed by atoms with van der Waals surface area (Å²) in [5.41, 5.74) is 0.796. The van der Waals surface area contributed by atoms with Crippen LogP contribution in [-0.2, 0) is 0 Å². The SMILES string of the molecule is Oc1c[nH]c(-c2cc(F)ccc2O)c1. The zero-order chi connectivity index (χ0) is 10.1. The fourth-order valence-electron chi connectivity index (χ4n) is 1.26. The molecular formula is C10H8FNO2. The lowest BCUT2D eigenvalue weighted by Gasteiger charge is -2.01. The Balaban J connectivity index is 2.55. The molecule has 1 heterocycles. The Morgan fingerprint density at radius 2 is 1.93 bits per heavy atom. The zero-order valence-electron chi connectivity index (χ0n) is 7.16. The van der Waals surface area contributed by atoms with E-state index in [4.69, 9.17) is 5.11 Å². The molecule has 3 nitrogen and oxygen atoms in total. The van der Waals surface area contributed by atoms with E-state index in [1.807, 2.05) is 0 Å². The molecular weight excluding hydrogens is 185 g/mol. The second-order valence-corrected chi connectivity index (χ2v) is 2.93. The Bertz CT molecular complexity index is 465. The van der Waals surface area contributed by atoms with E-state index in [-0.39, 0.29) is 11.5 Å². The highest BCUT2D eigenvalue weighted by Gasteiger charge is 2.07. The van der Waals surface area contributed by atoms with E-state index in [2.05, 4.69) is 4.98 Å². The predicted octanol–water partition coefficient (Wildman–Crippen LogP) is 2.23. The summed E-state index contributed by atoms with van der Waals surface area (Å²) < 4.78 is 12.9. The van der Waals surface area contributed by atoms with Crippen LogP contribution in [0.5, 0.6) is 11.5 Å². The third-order valence-corrected chi connectivity index (χ3v) is 1.92. The first-order valence-corrected chi connectivity index (χ1v) is 4.03. The van der Waals surface area contributed by atoms with Crippen LogP contribution in [0.2, 0.25) is 0 Å². The largest absolute Gasteiger partial charge is 0.507 e. The van der Waals surface area contributed by atoms with Crippen molar-refractivity contribution in [2.24, 2.45) is 0 Å². The van der Waals surface area contributed by atoms with Crippen molar-refractivity contribution in [2.45, 2.75) is 0 Å². The maximum Gasteiger partial charge on any atom is 0.133 e. The average Bonchev–Trinajstić information content (AvgIpc) is 2.56. The first-order chi connectivity index (χ1) is 6.66. The van der Waals surface area contributed by atoms with Gasteiger partial charge >= 0.3 is 0 Å². The monoisotopic (exact) mass is 193 g/mol. The first kappa shape index (κ1) is 8.62. The molecule has 2 rings (SSSR count). The number of hydrogen-bond acceptors (Lipinski definition) is 2. The number of phenolic OH excluding ortho intramolecular Hbond substituents is 1. The molecule has 4 heteroatoms. The maximum atomic E-state index is 12.9. The van der Waals surface area contributed by atoms with Gasteiger partial charge in [0.15, 0.2) is 0 Å². The van der Waals surface area contributed by atoms with Crippen LogP contribution in [0.4, 0.5) is 4.39 Å². The summed E-state index contributed by atoms with van der Waals surface area (Å²) in [6, 6.07) is 5.04. The number of aromatic nitrogens is 1. The number of aromatic hydroxyl groups is 2. The average molecular weight is 193 g/mol. The summed E-state index contributed by atoms with van der Waals surface area (Å²) in [6.45, 7) is 0. The van der Waals surface area contributed by atoms with E-state index < -0.39 is 5.82 Å². The van der Waals surface area contributed by atoms with Crippen molar-refractivity contribution < 1.29 is 14.6 Å². The van der Waals surface area contributed by atoms with Gasteiger partial charge in [-0.25, -0.2) is 4.39 Å². The lowest BCUT2D eigenvalue weighted by Crippen LogP contribution is -1.80. The third kappa shape index (κ3) is 1.42. The van der Waals surface area contributed by atoms with Crippen LogP contribution >= 0.6 is 0 Å². The molecule has 72 valence electrons. The summed E-state index contributed by atoms with van der Waals surface area (Å²) in [7, 11) is 0. The zero-order valence-corrected chi connectivity index (χ0v) is 7.16. The molecule has 1 aromatic carbocycles. The van der Waals surface area contributed by atoms with Gasteiger partial charge in [-0.1, -0.05) is 0 Å². The van der Waals surface area contributed by atoms with Crippen LogP contribution in [0.3, 0.4) is 0 Å². The van der Waals surface area contributed by atoms with Crippen LogP contribution in [0.15, 0.2) is 30.5 Å². The van der Waals surface area contributed by atoms with E-state index in [0.717, 1.165) is 0 Å². The van der Waals surface area contributed by atoms with Crippen LogP contribution in [-0.4, -0.2) is 15.2 Å². The smallest absolute Gasteiger partial charge is 0.133 e. The number of aromatic amines is 1. The van der Waals surface area contributed by atoms with Crippen LogP contribution in [0.25, 0.3) is 11.3 Å². The van der Waals surface area contributed by atoms with Crippen molar-refractivity contribution >= 4 is 0 Å². The van der Waals surface area contributed by atoms with Crippen LogP contribution in [0.1, 0.15) is 0 Å². The number of nitrogens with one attached hydrogen (secondary N) is 1. The summed E-state index contributed by atoms with van der Waals surface area (Å²) in [6.07, 6.45) is 1.36. The standard InChI is InChI=1S/C10H8FNO2/c11-6-1-2-10(14)8(3-6)9-4-7(13)5-12-9/h1-5,12-14H. The Hall–Kier alpha value is -1.97. The Morgan fingerprint density at radius 3 is 2.57 bits per heavy atom. The first-order valence-electron chi connectivity index (χ1n) is 4.03. The fourth-order valence-corrected chi connectivity index (χ4v) is 1.26. The van der Waals surface area contributed by atoms with Crippen molar-refractivity contribution in [2.75, 3.05) is 0 Å². The number of rotatable bonds is 1. The lowest BCUT2D eigenvalue weighted by molar-refractivity contribution is 0.474. The number of benzene rings is 1. The molecule has 0 aliphatic rings. The molecule has 0 spiro atoms. The molecule has 1 aromatic heterocycles. The van der Waals surface area contributed by atoms with Crippen LogP contribution in [0, 0.1) is 5.82 Å². The quantitative estimate of drug-likeness (QED) is 0.650. The van der Waals surface area contributed by atoms with Crippen molar-refractivity contribution in [1.29, 1.82) is 0 Å². The van der Waals surface area contributed by atoms with E-state index in [1.165, 1.54) is 30.5 Å². The second kappa shape index (κ2) is 3.06. The molecule has 2 aromatic rings. The Morgan fingerprint density at radius 1 is 1.14 bits per heavy atom. The van der Waals surface area contributed by atoms with Crippen molar-refractivity contribution in [1.82, 2.24) is 4.98 Å². The van der Waals surface area contributed by atoms with Gasteiger partial charge in [-0.2, -0.15) is 0 Å². The van der Waals surface area contributed by atoms with Gasteiger partial charge in [0.2, 0.25) is 0 Å². The number of H-pyrrole nitrogens is 1. The summed E-state index contributed by atoms with van der Waals surface area (Å²) in [5, 5.41) is 18.5. The van der Waals surface area contributed by atoms with E-state index >= 15 is 0 Å². The van der Waals surface area contributed by atoms with Gasteiger partial charge in [0.25, 0.3) is 0 Å². The second-order valence-electron chi connectivity index (χ2n) is 2.93. The summed E-state index contributed by atoms with van der Waals surface area (Å²) >= 11 is 0. The van der Waals surface area contributed by atoms with Gasteiger partial charge in [-0.05, 0) is 18.2 Å².